The molecule has 0 aliphatic carbocycles. The zero-order chi connectivity index (χ0) is 19.2. The maximum Gasteiger partial charge on any atom is 0.191 e. The summed E-state index contributed by atoms with van der Waals surface area (Å²) in [6.07, 6.45) is 2.34. The van der Waals surface area contributed by atoms with Crippen LogP contribution in [-0.4, -0.2) is 51.7 Å². The number of nitrogens with zero attached hydrogens (tertiary/aromatic N) is 1. The number of nitrogens with one attached hydrogen (secondary N) is 2. The summed E-state index contributed by atoms with van der Waals surface area (Å²) in [5.41, 5.74) is 3.60. The minimum atomic E-state index is -3.20. The van der Waals surface area contributed by atoms with Gasteiger partial charge in [0.1, 0.15) is 0 Å². The first-order valence-electron chi connectivity index (χ1n) is 9.13. The molecular formula is C19H31N3O3S. The molecular weight excluding hydrogens is 350 g/mol. The molecule has 1 saturated heterocycles. The number of aliphatic imine (C=N–C) groups is 1. The lowest BCUT2D eigenvalue weighted by molar-refractivity contribution is 0.0756. The highest BCUT2D eigenvalue weighted by atomic mass is 32.2. The lowest BCUT2D eigenvalue weighted by Crippen LogP contribution is -2.53. The second-order valence-corrected chi connectivity index (χ2v) is 9.46. The van der Waals surface area contributed by atoms with Crippen molar-refractivity contribution in [1.29, 1.82) is 0 Å². The van der Waals surface area contributed by atoms with E-state index in [0.29, 0.717) is 51.6 Å². The average molecular weight is 382 g/mol. The maximum atomic E-state index is 12.4. The van der Waals surface area contributed by atoms with Crippen molar-refractivity contribution >= 4 is 15.8 Å². The molecule has 1 fully saturated rings. The SMILES string of the molecule is CCNC(=NCc1ccc(C)cc1C)NCC1(S(C)(=O)=O)CCOCC1. The molecule has 1 heterocycles. The molecule has 6 nitrogen and oxygen atoms in total. The highest BCUT2D eigenvalue weighted by Gasteiger charge is 2.42. The van der Waals surface area contributed by atoms with Crippen LogP contribution in [-0.2, 0) is 21.1 Å². The molecule has 0 radical (unpaired) electrons. The summed E-state index contributed by atoms with van der Waals surface area (Å²) >= 11 is 0. The molecule has 1 aromatic carbocycles. The minimum absolute atomic E-state index is 0.341. The highest BCUT2D eigenvalue weighted by molar-refractivity contribution is 7.92. The van der Waals surface area contributed by atoms with E-state index in [1.54, 1.807) is 0 Å². The van der Waals surface area contributed by atoms with Gasteiger partial charge in [0.05, 0.1) is 11.3 Å². The van der Waals surface area contributed by atoms with Gasteiger partial charge in [0.2, 0.25) is 0 Å². The lowest BCUT2D eigenvalue weighted by Gasteiger charge is -2.35. The van der Waals surface area contributed by atoms with Crippen LogP contribution in [0.2, 0.25) is 0 Å². The summed E-state index contributed by atoms with van der Waals surface area (Å²) < 4.78 is 29.3. The number of rotatable bonds is 6. The monoisotopic (exact) mass is 381 g/mol. The predicted octanol–water partition coefficient (Wildman–Crippen LogP) is 1.95. The van der Waals surface area contributed by atoms with Gasteiger partial charge in [0.25, 0.3) is 0 Å². The molecule has 146 valence electrons. The largest absolute Gasteiger partial charge is 0.381 e. The summed E-state index contributed by atoms with van der Waals surface area (Å²) in [5, 5.41) is 6.45. The first-order valence-corrected chi connectivity index (χ1v) is 11.0. The third-order valence-electron chi connectivity index (χ3n) is 5.02. The van der Waals surface area contributed by atoms with Gasteiger partial charge >= 0.3 is 0 Å². The summed E-state index contributed by atoms with van der Waals surface area (Å²) in [6, 6.07) is 6.32. The summed E-state index contributed by atoms with van der Waals surface area (Å²) in [6.45, 7) is 8.71. The molecule has 0 unspecified atom stereocenters. The van der Waals surface area contributed by atoms with E-state index in [-0.39, 0.29) is 0 Å². The first kappa shape index (κ1) is 20.7. The molecule has 0 amide bonds. The molecule has 0 aromatic heterocycles. The molecule has 2 N–H and O–H groups in total. The molecule has 1 aromatic rings. The highest BCUT2D eigenvalue weighted by Crippen LogP contribution is 2.28. The molecule has 1 aliphatic rings. The zero-order valence-corrected chi connectivity index (χ0v) is 17.1. The van der Waals surface area contributed by atoms with Crippen molar-refractivity contribution in [3.63, 3.8) is 0 Å². The predicted molar refractivity (Wildman–Crippen MR) is 106 cm³/mol. The smallest absolute Gasteiger partial charge is 0.191 e. The van der Waals surface area contributed by atoms with Crippen molar-refractivity contribution in [2.24, 2.45) is 4.99 Å². The van der Waals surface area contributed by atoms with Gasteiger partial charge < -0.3 is 15.4 Å². The Morgan fingerprint density at radius 3 is 2.50 bits per heavy atom. The van der Waals surface area contributed by atoms with E-state index in [9.17, 15) is 8.42 Å². The number of hydrogen-bond acceptors (Lipinski definition) is 4. The Kier molecular flexibility index (Phi) is 7.06. The van der Waals surface area contributed by atoms with Gasteiger partial charge in [-0.1, -0.05) is 23.8 Å². The van der Waals surface area contributed by atoms with Gasteiger partial charge in [-0.3, -0.25) is 0 Å². The van der Waals surface area contributed by atoms with Crippen LogP contribution in [0.15, 0.2) is 23.2 Å². The number of benzene rings is 1. The van der Waals surface area contributed by atoms with Gasteiger partial charge in [-0.2, -0.15) is 0 Å². The number of hydrogen-bond donors (Lipinski definition) is 2. The number of ether oxygens (including phenoxy) is 1. The van der Waals surface area contributed by atoms with E-state index >= 15 is 0 Å². The molecule has 0 atom stereocenters. The Bertz CT molecular complexity index is 738. The van der Waals surface area contributed by atoms with Crippen molar-refractivity contribution in [3.05, 3.63) is 34.9 Å². The van der Waals surface area contributed by atoms with E-state index in [2.05, 4.69) is 47.7 Å². The van der Waals surface area contributed by atoms with Crippen LogP contribution >= 0.6 is 0 Å². The molecule has 0 spiro atoms. The fourth-order valence-electron chi connectivity index (χ4n) is 3.20. The second-order valence-electron chi connectivity index (χ2n) is 7.05. The van der Waals surface area contributed by atoms with Gasteiger partial charge in [-0.05, 0) is 44.7 Å². The van der Waals surface area contributed by atoms with Crippen molar-refractivity contribution in [1.82, 2.24) is 10.6 Å². The van der Waals surface area contributed by atoms with E-state index in [1.165, 1.54) is 17.4 Å². The van der Waals surface area contributed by atoms with Gasteiger partial charge in [0, 0.05) is 32.6 Å². The molecule has 0 saturated carbocycles. The fourth-order valence-corrected chi connectivity index (χ4v) is 4.44. The summed E-state index contributed by atoms with van der Waals surface area (Å²) in [4.78, 5) is 4.64. The van der Waals surface area contributed by atoms with Gasteiger partial charge in [0.15, 0.2) is 15.8 Å². The minimum Gasteiger partial charge on any atom is -0.381 e. The van der Waals surface area contributed by atoms with Crippen LogP contribution in [0.25, 0.3) is 0 Å². The summed E-state index contributed by atoms with van der Waals surface area (Å²) in [5.74, 6) is 0.641. The normalized spacial score (nSPS) is 17.8. The van der Waals surface area contributed by atoms with Crippen LogP contribution in [0, 0.1) is 13.8 Å². The van der Waals surface area contributed by atoms with Crippen molar-refractivity contribution in [3.8, 4) is 0 Å². The third kappa shape index (κ3) is 5.20. The Hall–Kier alpha value is -1.60. The third-order valence-corrected chi connectivity index (χ3v) is 7.14. The second kappa shape index (κ2) is 8.86. The lowest BCUT2D eigenvalue weighted by atomic mass is 9.99. The van der Waals surface area contributed by atoms with Crippen LogP contribution in [0.5, 0.6) is 0 Å². The fraction of sp³-hybridized carbons (Fsp3) is 0.632. The first-order chi connectivity index (χ1) is 12.3. The van der Waals surface area contributed by atoms with Gasteiger partial charge in [-0.15, -0.1) is 0 Å². The van der Waals surface area contributed by atoms with Crippen molar-refractivity contribution < 1.29 is 13.2 Å². The van der Waals surface area contributed by atoms with Gasteiger partial charge in [-0.25, -0.2) is 13.4 Å². The Balaban J connectivity index is 2.11. The maximum absolute atomic E-state index is 12.4. The topological polar surface area (TPSA) is 79.8 Å². The van der Waals surface area contributed by atoms with Crippen LogP contribution < -0.4 is 10.6 Å². The average Bonchev–Trinajstić information content (AvgIpc) is 2.58. The quantitative estimate of drug-likeness (QED) is 0.582. The molecule has 26 heavy (non-hydrogen) atoms. The van der Waals surface area contributed by atoms with E-state index in [0.717, 1.165) is 5.56 Å². The molecule has 1 aliphatic heterocycles. The standard InChI is InChI=1S/C19H31N3O3S/c1-5-20-18(21-13-17-7-6-15(2)12-16(17)3)22-14-19(26(4,23)24)8-10-25-11-9-19/h6-7,12H,5,8-11,13-14H2,1-4H3,(H2,20,21,22). The molecule has 0 bridgehead atoms. The van der Waals surface area contributed by atoms with Crippen LogP contribution in [0.1, 0.15) is 36.5 Å². The van der Waals surface area contributed by atoms with Crippen LogP contribution in [0.3, 0.4) is 0 Å². The number of aryl methyl sites for hydroxylation is 2. The number of guanidine groups is 1. The van der Waals surface area contributed by atoms with E-state index in [1.807, 2.05) is 6.92 Å². The Labute approximate surface area is 157 Å². The van der Waals surface area contributed by atoms with Crippen molar-refractivity contribution in [2.75, 3.05) is 32.6 Å². The molecule has 2 rings (SSSR count). The molecule has 7 heteroatoms. The van der Waals surface area contributed by atoms with Crippen molar-refractivity contribution in [2.45, 2.75) is 44.9 Å². The van der Waals surface area contributed by atoms with Crippen LogP contribution in [0.4, 0.5) is 0 Å². The van der Waals surface area contributed by atoms with E-state index < -0.39 is 14.6 Å². The zero-order valence-electron chi connectivity index (χ0n) is 16.3. The summed E-state index contributed by atoms with van der Waals surface area (Å²) in [7, 11) is -3.20. The number of sulfone groups is 1. The van der Waals surface area contributed by atoms with E-state index in [4.69, 9.17) is 4.74 Å². The Morgan fingerprint density at radius 1 is 1.23 bits per heavy atom. The Morgan fingerprint density at radius 2 is 1.92 bits per heavy atom.